The summed E-state index contributed by atoms with van der Waals surface area (Å²) in [6.07, 6.45) is 3.78. The van der Waals surface area contributed by atoms with Gasteiger partial charge in [-0.25, -0.2) is 4.68 Å². The van der Waals surface area contributed by atoms with Crippen molar-refractivity contribution in [2.24, 2.45) is 0 Å². The van der Waals surface area contributed by atoms with Crippen LogP contribution in [0.25, 0.3) is 16.8 Å². The monoisotopic (exact) mass is 323 g/mol. The van der Waals surface area contributed by atoms with Gasteiger partial charge in [0.1, 0.15) is 0 Å². The minimum Gasteiger partial charge on any atom is -0.240 e. The molecule has 0 bridgehead atoms. The van der Waals surface area contributed by atoms with E-state index in [1.807, 2.05) is 54.9 Å². The van der Waals surface area contributed by atoms with Gasteiger partial charge in [-0.2, -0.15) is 10.4 Å². The summed E-state index contributed by atoms with van der Waals surface area (Å²) in [5.74, 6) is 0. The highest BCUT2D eigenvalue weighted by atomic mass is 79.9. The van der Waals surface area contributed by atoms with Crippen molar-refractivity contribution in [3.05, 3.63) is 71.0 Å². The molecule has 0 amide bonds. The van der Waals surface area contributed by atoms with E-state index in [2.05, 4.69) is 27.1 Å². The van der Waals surface area contributed by atoms with Crippen LogP contribution in [0.1, 0.15) is 5.56 Å². The Bertz CT molecular complexity index is 782. The third kappa shape index (κ3) is 2.49. The maximum Gasteiger partial charge on any atom is 0.0992 e. The van der Waals surface area contributed by atoms with E-state index in [0.717, 1.165) is 21.3 Å². The first-order valence-corrected chi connectivity index (χ1v) is 6.87. The van der Waals surface area contributed by atoms with Gasteiger partial charge in [-0.15, -0.1) is 0 Å². The molecule has 0 spiro atoms. The van der Waals surface area contributed by atoms with E-state index in [1.165, 1.54) is 0 Å². The van der Waals surface area contributed by atoms with Crippen molar-refractivity contribution < 1.29 is 0 Å². The summed E-state index contributed by atoms with van der Waals surface area (Å²) >= 11 is 3.42. The summed E-state index contributed by atoms with van der Waals surface area (Å²) in [5.41, 5.74) is 3.66. The summed E-state index contributed by atoms with van der Waals surface area (Å²) in [4.78, 5) is 0. The van der Waals surface area contributed by atoms with E-state index in [-0.39, 0.29) is 0 Å². The molecule has 3 aromatic rings. The van der Waals surface area contributed by atoms with E-state index in [4.69, 9.17) is 5.26 Å². The maximum atomic E-state index is 8.93. The molecule has 3 nitrogen and oxygen atoms in total. The Kier molecular flexibility index (Phi) is 3.36. The lowest BCUT2D eigenvalue weighted by Crippen LogP contribution is -1.94. The number of aromatic nitrogens is 2. The molecule has 0 atom stereocenters. The van der Waals surface area contributed by atoms with Gasteiger partial charge in [-0.3, -0.25) is 0 Å². The van der Waals surface area contributed by atoms with Crippen molar-refractivity contribution in [3.63, 3.8) is 0 Å². The summed E-state index contributed by atoms with van der Waals surface area (Å²) in [5, 5.41) is 13.3. The number of hydrogen-bond donors (Lipinski definition) is 0. The standard InChI is InChI=1S/C16H10BrN3/c17-15-6-4-13(5-7-15)14-10-19-20(11-14)16-3-1-2-12(8-16)9-18/h1-8,10-11H. The van der Waals surface area contributed by atoms with E-state index in [9.17, 15) is 0 Å². The van der Waals surface area contributed by atoms with Crippen molar-refractivity contribution in [3.8, 4) is 22.9 Å². The predicted molar refractivity (Wildman–Crippen MR) is 81.4 cm³/mol. The molecule has 1 heterocycles. The molecule has 4 heteroatoms. The van der Waals surface area contributed by atoms with Crippen molar-refractivity contribution in [1.82, 2.24) is 9.78 Å². The zero-order valence-corrected chi connectivity index (χ0v) is 12.1. The fraction of sp³-hybridized carbons (Fsp3) is 0. The Hall–Kier alpha value is -2.38. The van der Waals surface area contributed by atoms with Gasteiger partial charge in [0.15, 0.2) is 0 Å². The molecule has 0 saturated carbocycles. The number of halogens is 1. The first-order valence-electron chi connectivity index (χ1n) is 6.07. The Morgan fingerprint density at radius 1 is 1.05 bits per heavy atom. The van der Waals surface area contributed by atoms with Gasteiger partial charge < -0.3 is 0 Å². The SMILES string of the molecule is N#Cc1cccc(-n2cc(-c3ccc(Br)cc3)cn2)c1. The van der Waals surface area contributed by atoms with Crippen LogP contribution in [0.2, 0.25) is 0 Å². The lowest BCUT2D eigenvalue weighted by Gasteiger charge is -2.01. The van der Waals surface area contributed by atoms with E-state index in [0.29, 0.717) is 5.56 Å². The van der Waals surface area contributed by atoms with Crippen molar-refractivity contribution in [2.75, 3.05) is 0 Å². The minimum atomic E-state index is 0.628. The molecule has 0 saturated heterocycles. The van der Waals surface area contributed by atoms with Crippen LogP contribution in [0, 0.1) is 11.3 Å². The average Bonchev–Trinajstić information content (AvgIpc) is 2.98. The third-order valence-corrected chi connectivity index (χ3v) is 3.53. The van der Waals surface area contributed by atoms with Gasteiger partial charge in [-0.05, 0) is 35.9 Å². The average molecular weight is 324 g/mol. The zero-order chi connectivity index (χ0) is 13.9. The topological polar surface area (TPSA) is 41.6 Å². The Morgan fingerprint density at radius 2 is 1.85 bits per heavy atom. The van der Waals surface area contributed by atoms with Crippen LogP contribution in [0.5, 0.6) is 0 Å². The van der Waals surface area contributed by atoms with Crippen LogP contribution in [0.4, 0.5) is 0 Å². The van der Waals surface area contributed by atoms with Crippen LogP contribution < -0.4 is 0 Å². The smallest absolute Gasteiger partial charge is 0.0992 e. The molecule has 0 radical (unpaired) electrons. The number of nitrogens with zero attached hydrogens (tertiary/aromatic N) is 3. The fourth-order valence-corrected chi connectivity index (χ4v) is 2.24. The summed E-state index contributed by atoms with van der Waals surface area (Å²) < 4.78 is 2.83. The molecule has 0 aliphatic carbocycles. The molecular weight excluding hydrogens is 314 g/mol. The number of benzene rings is 2. The minimum absolute atomic E-state index is 0.628. The predicted octanol–water partition coefficient (Wildman–Crippen LogP) is 4.17. The first-order chi connectivity index (χ1) is 9.76. The van der Waals surface area contributed by atoms with Crippen molar-refractivity contribution in [2.45, 2.75) is 0 Å². The molecular formula is C16H10BrN3. The molecule has 2 aromatic carbocycles. The van der Waals surface area contributed by atoms with E-state index in [1.54, 1.807) is 10.7 Å². The van der Waals surface area contributed by atoms with Crippen LogP contribution in [-0.4, -0.2) is 9.78 Å². The summed E-state index contributed by atoms with van der Waals surface area (Å²) in [6, 6.07) is 17.6. The zero-order valence-electron chi connectivity index (χ0n) is 10.5. The molecule has 1 aromatic heterocycles. The second-order valence-corrected chi connectivity index (χ2v) is 5.26. The van der Waals surface area contributed by atoms with Gasteiger partial charge >= 0.3 is 0 Å². The molecule has 20 heavy (non-hydrogen) atoms. The molecule has 96 valence electrons. The van der Waals surface area contributed by atoms with Crippen LogP contribution in [0.15, 0.2) is 65.4 Å². The molecule has 0 aliphatic heterocycles. The Labute approximate surface area is 125 Å². The van der Waals surface area contributed by atoms with Gasteiger partial charge in [0.05, 0.1) is 23.5 Å². The van der Waals surface area contributed by atoms with Gasteiger partial charge in [0, 0.05) is 16.2 Å². The van der Waals surface area contributed by atoms with Gasteiger partial charge in [0.25, 0.3) is 0 Å². The molecule has 0 N–H and O–H groups in total. The van der Waals surface area contributed by atoms with Crippen molar-refractivity contribution >= 4 is 15.9 Å². The second kappa shape index (κ2) is 5.32. The van der Waals surface area contributed by atoms with Gasteiger partial charge in [0.2, 0.25) is 0 Å². The Balaban J connectivity index is 1.97. The van der Waals surface area contributed by atoms with E-state index < -0.39 is 0 Å². The maximum absolute atomic E-state index is 8.93. The quantitative estimate of drug-likeness (QED) is 0.710. The molecule has 0 fully saturated rings. The summed E-state index contributed by atoms with van der Waals surface area (Å²) in [6.45, 7) is 0. The number of hydrogen-bond acceptors (Lipinski definition) is 2. The normalized spacial score (nSPS) is 10.2. The fourth-order valence-electron chi connectivity index (χ4n) is 1.97. The summed E-state index contributed by atoms with van der Waals surface area (Å²) in [7, 11) is 0. The lowest BCUT2D eigenvalue weighted by molar-refractivity contribution is 0.880. The highest BCUT2D eigenvalue weighted by Gasteiger charge is 2.04. The van der Waals surface area contributed by atoms with Crippen LogP contribution in [-0.2, 0) is 0 Å². The van der Waals surface area contributed by atoms with Crippen LogP contribution >= 0.6 is 15.9 Å². The lowest BCUT2D eigenvalue weighted by atomic mass is 10.1. The van der Waals surface area contributed by atoms with Gasteiger partial charge in [-0.1, -0.05) is 34.1 Å². The highest BCUT2D eigenvalue weighted by Crippen LogP contribution is 2.22. The third-order valence-electron chi connectivity index (χ3n) is 3.00. The molecule has 3 rings (SSSR count). The Morgan fingerprint density at radius 3 is 2.60 bits per heavy atom. The molecule has 0 aliphatic rings. The first kappa shape index (κ1) is 12.6. The number of rotatable bonds is 2. The number of nitriles is 1. The molecule has 0 unspecified atom stereocenters. The largest absolute Gasteiger partial charge is 0.240 e. The van der Waals surface area contributed by atoms with E-state index >= 15 is 0 Å². The highest BCUT2D eigenvalue weighted by molar-refractivity contribution is 9.10. The van der Waals surface area contributed by atoms with Crippen LogP contribution in [0.3, 0.4) is 0 Å². The van der Waals surface area contributed by atoms with Crippen molar-refractivity contribution in [1.29, 1.82) is 5.26 Å². The second-order valence-electron chi connectivity index (χ2n) is 4.34.